The fourth-order valence-electron chi connectivity index (χ4n) is 1.56. The standard InChI is InChI=1S/C14H13N3O2S/c15-9-11-3-1-2-4-12(11)19-10-13(18)16-6-5-14-17-7-8-20-14/h1-4,7-8H,5-6,10H2,(H,16,18). The zero-order valence-electron chi connectivity index (χ0n) is 10.7. The second kappa shape index (κ2) is 7.26. The van der Waals surface area contributed by atoms with E-state index < -0.39 is 0 Å². The Balaban J connectivity index is 1.74. The third-order valence-corrected chi connectivity index (χ3v) is 3.35. The van der Waals surface area contributed by atoms with E-state index in [1.165, 1.54) is 0 Å². The molecule has 1 aromatic heterocycles. The van der Waals surface area contributed by atoms with E-state index in [1.54, 1.807) is 41.8 Å². The molecule has 20 heavy (non-hydrogen) atoms. The number of nitrogens with one attached hydrogen (secondary N) is 1. The van der Waals surface area contributed by atoms with Gasteiger partial charge in [-0.05, 0) is 12.1 Å². The molecule has 1 heterocycles. The zero-order valence-corrected chi connectivity index (χ0v) is 11.5. The summed E-state index contributed by atoms with van der Waals surface area (Å²) in [5.41, 5.74) is 0.420. The highest BCUT2D eigenvalue weighted by molar-refractivity contribution is 7.09. The smallest absolute Gasteiger partial charge is 0.257 e. The molecule has 0 atom stereocenters. The molecule has 0 bridgehead atoms. The number of carbonyl (C=O) groups excluding carboxylic acids is 1. The Morgan fingerprint density at radius 2 is 2.30 bits per heavy atom. The van der Waals surface area contributed by atoms with Crippen LogP contribution in [0.3, 0.4) is 0 Å². The number of rotatable bonds is 6. The van der Waals surface area contributed by atoms with E-state index in [2.05, 4.69) is 10.3 Å². The number of nitrogens with zero attached hydrogens (tertiary/aromatic N) is 2. The van der Waals surface area contributed by atoms with Crippen molar-refractivity contribution in [2.75, 3.05) is 13.2 Å². The molecule has 1 amide bonds. The Kier molecular flexibility index (Phi) is 5.09. The van der Waals surface area contributed by atoms with Gasteiger partial charge in [0.1, 0.15) is 11.8 Å². The third-order valence-electron chi connectivity index (χ3n) is 2.51. The molecule has 0 spiro atoms. The number of aromatic nitrogens is 1. The van der Waals surface area contributed by atoms with E-state index in [9.17, 15) is 4.79 Å². The molecule has 1 aromatic carbocycles. The number of nitriles is 1. The maximum absolute atomic E-state index is 11.6. The van der Waals surface area contributed by atoms with Gasteiger partial charge in [-0.1, -0.05) is 12.1 Å². The Labute approximate surface area is 120 Å². The molecule has 0 radical (unpaired) electrons. The Hall–Kier alpha value is -2.39. The van der Waals surface area contributed by atoms with Crippen molar-refractivity contribution in [1.29, 1.82) is 5.26 Å². The van der Waals surface area contributed by atoms with Crippen molar-refractivity contribution in [1.82, 2.24) is 10.3 Å². The van der Waals surface area contributed by atoms with Crippen LogP contribution >= 0.6 is 11.3 Å². The normalized spacial score (nSPS) is 9.75. The lowest BCUT2D eigenvalue weighted by atomic mass is 10.2. The molecule has 5 nitrogen and oxygen atoms in total. The second-order valence-electron chi connectivity index (χ2n) is 3.92. The fraction of sp³-hybridized carbons (Fsp3) is 0.214. The summed E-state index contributed by atoms with van der Waals surface area (Å²) in [7, 11) is 0. The molecule has 0 aliphatic carbocycles. The topological polar surface area (TPSA) is 75.0 Å². The highest BCUT2D eigenvalue weighted by Gasteiger charge is 2.06. The summed E-state index contributed by atoms with van der Waals surface area (Å²) in [4.78, 5) is 15.7. The molecule has 102 valence electrons. The average Bonchev–Trinajstić information content (AvgIpc) is 2.98. The van der Waals surface area contributed by atoms with Gasteiger partial charge in [0.15, 0.2) is 6.61 Å². The predicted octanol–water partition coefficient (Wildman–Crippen LogP) is 1.75. The van der Waals surface area contributed by atoms with Gasteiger partial charge in [-0.25, -0.2) is 4.98 Å². The van der Waals surface area contributed by atoms with Crippen LogP contribution in [-0.2, 0) is 11.2 Å². The van der Waals surface area contributed by atoms with Gasteiger partial charge in [0.2, 0.25) is 0 Å². The van der Waals surface area contributed by atoms with Crippen molar-refractivity contribution >= 4 is 17.2 Å². The number of hydrogen-bond donors (Lipinski definition) is 1. The lowest BCUT2D eigenvalue weighted by Gasteiger charge is -2.07. The molecule has 6 heteroatoms. The van der Waals surface area contributed by atoms with E-state index >= 15 is 0 Å². The monoisotopic (exact) mass is 287 g/mol. The molecule has 0 saturated carbocycles. The summed E-state index contributed by atoms with van der Waals surface area (Å²) in [5.74, 6) is 0.208. The van der Waals surface area contributed by atoms with Crippen molar-refractivity contribution < 1.29 is 9.53 Å². The number of carbonyl (C=O) groups is 1. The maximum atomic E-state index is 11.6. The molecular formula is C14H13N3O2S. The van der Waals surface area contributed by atoms with Crippen LogP contribution in [0.4, 0.5) is 0 Å². The lowest BCUT2D eigenvalue weighted by Crippen LogP contribution is -2.30. The van der Waals surface area contributed by atoms with Crippen LogP contribution in [0.1, 0.15) is 10.6 Å². The van der Waals surface area contributed by atoms with E-state index in [0.717, 1.165) is 5.01 Å². The highest BCUT2D eigenvalue weighted by Crippen LogP contribution is 2.16. The summed E-state index contributed by atoms with van der Waals surface area (Å²) in [6, 6.07) is 8.84. The number of ether oxygens (including phenoxy) is 1. The first-order valence-corrected chi connectivity index (χ1v) is 6.94. The van der Waals surface area contributed by atoms with Crippen LogP contribution in [0.15, 0.2) is 35.8 Å². The summed E-state index contributed by atoms with van der Waals surface area (Å²) in [6.45, 7) is 0.423. The summed E-state index contributed by atoms with van der Waals surface area (Å²) in [5, 5.41) is 14.5. The van der Waals surface area contributed by atoms with Gasteiger partial charge in [-0.2, -0.15) is 5.26 Å². The summed E-state index contributed by atoms with van der Waals surface area (Å²) >= 11 is 1.56. The number of para-hydroxylation sites is 1. The SMILES string of the molecule is N#Cc1ccccc1OCC(=O)NCCc1nccs1. The number of amides is 1. The lowest BCUT2D eigenvalue weighted by molar-refractivity contribution is -0.123. The van der Waals surface area contributed by atoms with E-state index in [1.807, 2.05) is 11.4 Å². The first kappa shape index (κ1) is 14.0. The van der Waals surface area contributed by atoms with Crippen molar-refractivity contribution in [3.05, 3.63) is 46.4 Å². The van der Waals surface area contributed by atoms with E-state index in [0.29, 0.717) is 24.3 Å². The minimum absolute atomic E-state index is 0.101. The fourth-order valence-corrected chi connectivity index (χ4v) is 2.18. The first-order valence-electron chi connectivity index (χ1n) is 6.06. The Morgan fingerprint density at radius 1 is 1.45 bits per heavy atom. The predicted molar refractivity (Wildman–Crippen MR) is 75.5 cm³/mol. The van der Waals surface area contributed by atoms with Crippen LogP contribution in [0, 0.1) is 11.3 Å². The van der Waals surface area contributed by atoms with Gasteiger partial charge in [0.25, 0.3) is 5.91 Å². The molecule has 1 N–H and O–H groups in total. The Morgan fingerprint density at radius 3 is 3.05 bits per heavy atom. The van der Waals surface area contributed by atoms with Crippen molar-refractivity contribution in [2.45, 2.75) is 6.42 Å². The van der Waals surface area contributed by atoms with Gasteiger partial charge in [0, 0.05) is 24.5 Å². The van der Waals surface area contributed by atoms with Crippen molar-refractivity contribution in [3.63, 3.8) is 0 Å². The number of thiazole rings is 1. The van der Waals surface area contributed by atoms with Crippen LogP contribution in [0.25, 0.3) is 0 Å². The first-order chi connectivity index (χ1) is 9.79. The van der Waals surface area contributed by atoms with Gasteiger partial charge >= 0.3 is 0 Å². The molecule has 0 fully saturated rings. The highest BCUT2D eigenvalue weighted by atomic mass is 32.1. The van der Waals surface area contributed by atoms with Crippen LogP contribution in [-0.4, -0.2) is 24.0 Å². The molecule has 2 aromatic rings. The zero-order chi connectivity index (χ0) is 14.2. The molecule has 0 aliphatic heterocycles. The minimum Gasteiger partial charge on any atom is -0.482 e. The van der Waals surface area contributed by atoms with E-state index in [4.69, 9.17) is 10.00 Å². The van der Waals surface area contributed by atoms with Crippen LogP contribution in [0.5, 0.6) is 5.75 Å². The maximum Gasteiger partial charge on any atom is 0.257 e. The Bertz CT molecular complexity index is 605. The number of benzene rings is 1. The third kappa shape index (κ3) is 4.07. The van der Waals surface area contributed by atoms with Gasteiger partial charge < -0.3 is 10.1 Å². The minimum atomic E-state index is -0.214. The largest absolute Gasteiger partial charge is 0.482 e. The van der Waals surface area contributed by atoms with E-state index in [-0.39, 0.29) is 12.5 Å². The molecule has 0 saturated heterocycles. The second-order valence-corrected chi connectivity index (χ2v) is 4.90. The summed E-state index contributed by atoms with van der Waals surface area (Å²) < 4.78 is 5.33. The van der Waals surface area contributed by atoms with Crippen LogP contribution < -0.4 is 10.1 Å². The van der Waals surface area contributed by atoms with Crippen molar-refractivity contribution in [3.8, 4) is 11.8 Å². The number of hydrogen-bond acceptors (Lipinski definition) is 5. The average molecular weight is 287 g/mol. The molecular weight excluding hydrogens is 274 g/mol. The van der Waals surface area contributed by atoms with Crippen LogP contribution in [0.2, 0.25) is 0 Å². The molecule has 0 unspecified atom stereocenters. The van der Waals surface area contributed by atoms with Crippen molar-refractivity contribution in [2.24, 2.45) is 0 Å². The summed E-state index contributed by atoms with van der Waals surface area (Å²) in [6.07, 6.45) is 2.45. The quantitative estimate of drug-likeness (QED) is 0.878. The van der Waals surface area contributed by atoms with Gasteiger partial charge in [0.05, 0.1) is 10.6 Å². The van der Waals surface area contributed by atoms with Gasteiger partial charge in [-0.15, -0.1) is 11.3 Å². The molecule has 0 aliphatic rings. The molecule has 2 rings (SSSR count). The van der Waals surface area contributed by atoms with Gasteiger partial charge in [-0.3, -0.25) is 4.79 Å².